The van der Waals surface area contributed by atoms with Crippen molar-refractivity contribution in [3.8, 4) is 5.69 Å². The van der Waals surface area contributed by atoms with Gasteiger partial charge in [-0.15, -0.1) is 22.7 Å². The second-order valence-corrected chi connectivity index (χ2v) is 8.30. The smallest absolute Gasteiger partial charge is 0.266 e. The Kier molecular flexibility index (Phi) is 3.11. The molecule has 0 atom stereocenters. The summed E-state index contributed by atoms with van der Waals surface area (Å²) >= 11 is 3.33. The predicted molar refractivity (Wildman–Crippen MR) is 101 cm³/mol. The number of hydrogen-bond donors (Lipinski definition) is 1. The zero-order valence-electron chi connectivity index (χ0n) is 13.1. The number of fused-ring (bicyclic) bond motifs is 3. The molecule has 0 aliphatic rings. The second kappa shape index (κ2) is 4.94. The van der Waals surface area contributed by atoms with Crippen molar-refractivity contribution in [2.45, 2.75) is 20.8 Å². The van der Waals surface area contributed by atoms with Gasteiger partial charge in [0.05, 0.1) is 26.0 Å². The molecule has 0 bridgehead atoms. The number of pyridine rings is 1. The highest BCUT2D eigenvalue weighted by Gasteiger charge is 2.19. The van der Waals surface area contributed by atoms with E-state index in [4.69, 9.17) is 5.73 Å². The third kappa shape index (κ3) is 2.04. The molecule has 4 rings (SSSR count). The van der Waals surface area contributed by atoms with Crippen LogP contribution in [-0.4, -0.2) is 4.57 Å². The zero-order valence-corrected chi connectivity index (χ0v) is 14.8. The summed E-state index contributed by atoms with van der Waals surface area (Å²) in [5.74, 6) is 0. The highest BCUT2D eigenvalue weighted by Crippen LogP contribution is 2.39. The van der Waals surface area contributed by atoms with Crippen molar-refractivity contribution >= 4 is 48.7 Å². The zero-order chi connectivity index (χ0) is 16.3. The van der Waals surface area contributed by atoms with Gasteiger partial charge >= 0.3 is 0 Å². The van der Waals surface area contributed by atoms with E-state index in [1.165, 1.54) is 10.4 Å². The van der Waals surface area contributed by atoms with Crippen LogP contribution < -0.4 is 11.3 Å². The van der Waals surface area contributed by atoms with E-state index in [1.807, 2.05) is 38.1 Å². The average Bonchev–Trinajstić information content (AvgIpc) is 3.02. The topological polar surface area (TPSA) is 48.0 Å². The lowest BCUT2D eigenvalue weighted by molar-refractivity contribution is 1.06. The number of aryl methyl sites for hydroxylation is 3. The number of hydrogen-bond acceptors (Lipinski definition) is 4. The number of nitrogens with two attached hydrogens (primary N) is 1. The molecule has 116 valence electrons. The van der Waals surface area contributed by atoms with E-state index in [9.17, 15) is 4.79 Å². The molecule has 0 aliphatic carbocycles. The third-order valence-corrected chi connectivity index (χ3v) is 6.45. The Morgan fingerprint density at radius 1 is 1.00 bits per heavy atom. The number of nitrogen functional groups attached to an aromatic ring is 1. The molecular weight excluding hydrogens is 324 g/mol. The number of anilines is 1. The van der Waals surface area contributed by atoms with Crippen LogP contribution in [0.3, 0.4) is 0 Å². The largest absolute Gasteiger partial charge is 0.397 e. The Labute approximate surface area is 141 Å². The van der Waals surface area contributed by atoms with Crippen LogP contribution in [0.25, 0.3) is 26.0 Å². The Morgan fingerprint density at radius 3 is 2.39 bits per heavy atom. The van der Waals surface area contributed by atoms with E-state index in [0.29, 0.717) is 11.1 Å². The van der Waals surface area contributed by atoms with Gasteiger partial charge in [-0.05, 0) is 39.0 Å². The summed E-state index contributed by atoms with van der Waals surface area (Å²) in [7, 11) is 0. The van der Waals surface area contributed by atoms with Crippen LogP contribution in [-0.2, 0) is 0 Å². The highest BCUT2D eigenvalue weighted by atomic mass is 32.1. The molecule has 0 amide bonds. The first-order valence-electron chi connectivity index (χ1n) is 7.38. The van der Waals surface area contributed by atoms with Gasteiger partial charge in [0.1, 0.15) is 0 Å². The van der Waals surface area contributed by atoms with Gasteiger partial charge in [0.25, 0.3) is 5.56 Å². The summed E-state index contributed by atoms with van der Waals surface area (Å²) in [6.07, 6.45) is 0. The van der Waals surface area contributed by atoms with Crippen molar-refractivity contribution in [3.63, 3.8) is 0 Å². The van der Waals surface area contributed by atoms with E-state index in [2.05, 4.69) is 13.0 Å². The fraction of sp³-hybridized carbons (Fsp3) is 0.167. The van der Waals surface area contributed by atoms with Gasteiger partial charge in [-0.1, -0.05) is 17.7 Å². The molecule has 4 aromatic rings. The molecular formula is C18H16N2OS2. The summed E-state index contributed by atoms with van der Waals surface area (Å²) < 4.78 is 3.95. The first-order chi connectivity index (χ1) is 11.0. The van der Waals surface area contributed by atoms with Crippen molar-refractivity contribution in [2.75, 3.05) is 5.73 Å². The summed E-state index contributed by atoms with van der Waals surface area (Å²) in [4.78, 5) is 15.4. The number of rotatable bonds is 1. The maximum absolute atomic E-state index is 13.2. The molecule has 0 aliphatic heterocycles. The van der Waals surface area contributed by atoms with Gasteiger partial charge in [0.15, 0.2) is 0 Å². The van der Waals surface area contributed by atoms with E-state index in [-0.39, 0.29) is 5.56 Å². The Morgan fingerprint density at radius 2 is 1.70 bits per heavy atom. The molecule has 3 heterocycles. The van der Waals surface area contributed by atoms with Gasteiger partial charge in [-0.3, -0.25) is 9.36 Å². The molecule has 5 heteroatoms. The number of nitrogens with zero attached hydrogens (tertiary/aromatic N) is 1. The first kappa shape index (κ1) is 14.5. The Bertz CT molecular complexity index is 1110. The Hall–Kier alpha value is -2.11. The summed E-state index contributed by atoms with van der Waals surface area (Å²) in [6.45, 7) is 6.09. The summed E-state index contributed by atoms with van der Waals surface area (Å²) in [5.41, 5.74) is 9.82. The molecule has 0 saturated heterocycles. The van der Waals surface area contributed by atoms with Crippen molar-refractivity contribution < 1.29 is 0 Å². The monoisotopic (exact) mass is 340 g/mol. The molecule has 1 aromatic carbocycles. The maximum atomic E-state index is 13.2. The van der Waals surface area contributed by atoms with Gasteiger partial charge in [0.2, 0.25) is 0 Å². The SMILES string of the molecule is Cc1ccc(-n2c(=O)c3c(N)c(C)sc3c3sc(C)cc32)cc1. The summed E-state index contributed by atoms with van der Waals surface area (Å²) in [6, 6.07) is 10.1. The van der Waals surface area contributed by atoms with Crippen molar-refractivity contribution in [2.24, 2.45) is 0 Å². The number of aromatic nitrogens is 1. The molecule has 23 heavy (non-hydrogen) atoms. The van der Waals surface area contributed by atoms with Gasteiger partial charge in [-0.25, -0.2) is 0 Å². The molecule has 3 nitrogen and oxygen atoms in total. The van der Waals surface area contributed by atoms with Crippen molar-refractivity contribution in [1.29, 1.82) is 0 Å². The first-order valence-corrected chi connectivity index (χ1v) is 9.01. The van der Waals surface area contributed by atoms with Crippen LogP contribution in [0.4, 0.5) is 5.69 Å². The minimum Gasteiger partial charge on any atom is -0.397 e. The second-order valence-electron chi connectivity index (χ2n) is 5.82. The third-order valence-electron chi connectivity index (χ3n) is 4.12. The van der Waals surface area contributed by atoms with Crippen LogP contribution in [0, 0.1) is 20.8 Å². The average molecular weight is 340 g/mol. The Balaban J connectivity index is 2.25. The fourth-order valence-corrected chi connectivity index (χ4v) is 5.14. The molecule has 0 spiro atoms. The minimum absolute atomic E-state index is 0.0315. The molecule has 2 N–H and O–H groups in total. The molecule has 0 fully saturated rings. The minimum atomic E-state index is -0.0315. The van der Waals surface area contributed by atoms with Crippen molar-refractivity contribution in [3.05, 3.63) is 56.0 Å². The van der Waals surface area contributed by atoms with E-state index in [0.717, 1.165) is 25.5 Å². The van der Waals surface area contributed by atoms with Crippen LogP contribution in [0.15, 0.2) is 35.1 Å². The van der Waals surface area contributed by atoms with Crippen LogP contribution in [0.2, 0.25) is 0 Å². The molecule has 3 aromatic heterocycles. The van der Waals surface area contributed by atoms with Crippen LogP contribution in [0.1, 0.15) is 15.3 Å². The highest BCUT2D eigenvalue weighted by molar-refractivity contribution is 7.27. The van der Waals surface area contributed by atoms with Crippen LogP contribution >= 0.6 is 22.7 Å². The van der Waals surface area contributed by atoms with E-state index < -0.39 is 0 Å². The van der Waals surface area contributed by atoms with Crippen LogP contribution in [0.5, 0.6) is 0 Å². The molecule has 0 radical (unpaired) electrons. The van der Waals surface area contributed by atoms with Gasteiger partial charge in [0, 0.05) is 15.4 Å². The lowest BCUT2D eigenvalue weighted by atomic mass is 10.2. The fourth-order valence-electron chi connectivity index (χ4n) is 2.93. The summed E-state index contributed by atoms with van der Waals surface area (Å²) in [5, 5.41) is 0.655. The molecule has 0 saturated carbocycles. The standard InChI is InChI=1S/C18H16N2OS2/c1-9-4-6-12(7-5-9)20-13-8-10(2)22-16(13)17-14(18(20)21)15(19)11(3)23-17/h4-8H,19H2,1-3H3. The number of benzene rings is 1. The quantitative estimate of drug-likeness (QED) is 0.542. The molecule has 0 unspecified atom stereocenters. The van der Waals surface area contributed by atoms with Gasteiger partial charge < -0.3 is 5.73 Å². The predicted octanol–water partition coefficient (Wildman–Crippen LogP) is 4.77. The van der Waals surface area contributed by atoms with Crippen molar-refractivity contribution in [1.82, 2.24) is 4.57 Å². The lowest BCUT2D eigenvalue weighted by Gasteiger charge is -2.09. The lowest BCUT2D eigenvalue weighted by Crippen LogP contribution is -2.18. The van der Waals surface area contributed by atoms with E-state index in [1.54, 1.807) is 27.2 Å². The normalized spacial score (nSPS) is 11.6. The van der Waals surface area contributed by atoms with Gasteiger partial charge in [-0.2, -0.15) is 0 Å². The van der Waals surface area contributed by atoms with E-state index >= 15 is 0 Å². The maximum Gasteiger partial charge on any atom is 0.266 e. The number of thiophene rings is 2.